The minimum absolute atomic E-state index is 0.0934. The van der Waals surface area contributed by atoms with Crippen LogP contribution in [0.4, 0.5) is 8.78 Å². The van der Waals surface area contributed by atoms with Gasteiger partial charge in [0.1, 0.15) is 35.7 Å². The highest BCUT2D eigenvalue weighted by Gasteiger charge is 2.20. The lowest BCUT2D eigenvalue weighted by Crippen LogP contribution is -2.30. The first kappa shape index (κ1) is 17.3. The summed E-state index contributed by atoms with van der Waals surface area (Å²) in [5.74, 6) is -1.38. The summed E-state index contributed by atoms with van der Waals surface area (Å²) in [4.78, 5) is 7.77. The highest BCUT2D eigenvalue weighted by atomic mass is 19.1. The molecule has 0 bridgehead atoms. The van der Waals surface area contributed by atoms with Crippen LogP contribution in [0.2, 0.25) is 0 Å². The van der Waals surface area contributed by atoms with Crippen molar-refractivity contribution in [1.82, 2.24) is 14.4 Å². The van der Waals surface area contributed by atoms with Crippen molar-refractivity contribution in [3.8, 4) is 5.88 Å². The molecule has 25 heavy (non-hydrogen) atoms. The minimum atomic E-state index is -1.70. The van der Waals surface area contributed by atoms with Crippen molar-refractivity contribution in [1.29, 1.82) is 0 Å². The molecule has 1 unspecified atom stereocenters. The van der Waals surface area contributed by atoms with E-state index >= 15 is 0 Å². The van der Waals surface area contributed by atoms with Crippen LogP contribution >= 0.6 is 0 Å². The number of hydrogen-bond acceptors (Lipinski definition) is 6. The lowest BCUT2D eigenvalue weighted by atomic mass is 9.81. The van der Waals surface area contributed by atoms with Gasteiger partial charge >= 0.3 is 7.12 Å². The first-order valence-corrected chi connectivity index (χ1v) is 7.29. The third-order valence-electron chi connectivity index (χ3n) is 3.60. The highest BCUT2D eigenvalue weighted by Crippen LogP contribution is 2.21. The Morgan fingerprint density at radius 2 is 2.04 bits per heavy atom. The predicted molar refractivity (Wildman–Crippen MR) is 84.4 cm³/mol. The quantitative estimate of drug-likeness (QED) is 0.629. The number of ether oxygens (including phenoxy) is 2. The third-order valence-corrected chi connectivity index (χ3v) is 3.60. The molecule has 10 heteroatoms. The van der Waals surface area contributed by atoms with Crippen LogP contribution in [-0.4, -0.2) is 45.3 Å². The van der Waals surface area contributed by atoms with E-state index in [1.54, 1.807) is 10.6 Å². The average Bonchev–Trinajstić information content (AvgIpc) is 3.05. The van der Waals surface area contributed by atoms with Gasteiger partial charge in [-0.2, -0.15) is 0 Å². The molecule has 3 heterocycles. The second-order valence-electron chi connectivity index (χ2n) is 5.21. The fraction of sp³-hybridized carbons (Fsp3) is 0.200. The van der Waals surface area contributed by atoms with E-state index in [9.17, 15) is 18.8 Å². The number of methoxy groups -OCH3 is 1. The van der Waals surface area contributed by atoms with Gasteiger partial charge in [-0.05, 0) is 17.6 Å². The van der Waals surface area contributed by atoms with Crippen LogP contribution < -0.4 is 10.2 Å². The number of nitrogens with zero attached hydrogens (tertiary/aromatic N) is 3. The summed E-state index contributed by atoms with van der Waals surface area (Å²) < 4.78 is 39.2. The summed E-state index contributed by atoms with van der Waals surface area (Å²) in [7, 11) is -0.349. The van der Waals surface area contributed by atoms with E-state index in [4.69, 9.17) is 9.47 Å². The van der Waals surface area contributed by atoms with Crippen LogP contribution in [0.5, 0.6) is 5.88 Å². The first-order chi connectivity index (χ1) is 12.0. The van der Waals surface area contributed by atoms with E-state index in [0.29, 0.717) is 11.7 Å². The molecule has 0 aromatic carbocycles. The standard InChI is InChI=1S/C15H14BF2N3O4/c1-24-12(15-11(18)6-10(17)7-20-15)8-25-14-5-9(16(22)23)4-13-19-2-3-21(13)14/h2-7,12,22-23H,8H2,1H3. The number of hydrogen-bond donors (Lipinski definition) is 2. The fourth-order valence-corrected chi connectivity index (χ4v) is 2.35. The highest BCUT2D eigenvalue weighted by molar-refractivity contribution is 6.58. The number of fused-ring (bicyclic) bond motifs is 1. The monoisotopic (exact) mass is 349 g/mol. The number of imidazole rings is 1. The number of aromatic nitrogens is 3. The molecule has 3 rings (SSSR count). The van der Waals surface area contributed by atoms with Crippen LogP contribution in [0.1, 0.15) is 11.8 Å². The Morgan fingerprint density at radius 1 is 1.24 bits per heavy atom. The van der Waals surface area contributed by atoms with Gasteiger partial charge in [-0.3, -0.25) is 9.38 Å². The van der Waals surface area contributed by atoms with Crippen molar-refractivity contribution in [3.05, 3.63) is 54.1 Å². The van der Waals surface area contributed by atoms with Crippen LogP contribution in [0.3, 0.4) is 0 Å². The van der Waals surface area contributed by atoms with E-state index in [1.165, 1.54) is 25.4 Å². The molecular formula is C15H14BF2N3O4. The lowest BCUT2D eigenvalue weighted by Gasteiger charge is -2.17. The largest absolute Gasteiger partial charge is 0.488 e. The topological polar surface area (TPSA) is 89.1 Å². The Kier molecular flexibility index (Phi) is 4.93. The van der Waals surface area contributed by atoms with E-state index in [-0.39, 0.29) is 23.6 Å². The summed E-state index contributed by atoms with van der Waals surface area (Å²) in [5, 5.41) is 18.7. The zero-order valence-electron chi connectivity index (χ0n) is 13.1. The average molecular weight is 349 g/mol. The summed E-state index contributed by atoms with van der Waals surface area (Å²) in [6.45, 7) is -0.135. The number of pyridine rings is 2. The number of halogens is 2. The first-order valence-electron chi connectivity index (χ1n) is 7.29. The van der Waals surface area contributed by atoms with Crippen LogP contribution in [-0.2, 0) is 4.74 Å². The summed E-state index contributed by atoms with van der Waals surface area (Å²) in [5.41, 5.74) is 0.540. The molecule has 0 aliphatic rings. The predicted octanol–water partition coefficient (Wildman–Crippen LogP) is 0.454. The van der Waals surface area contributed by atoms with Crippen molar-refractivity contribution < 1.29 is 28.3 Å². The molecule has 0 aliphatic heterocycles. The van der Waals surface area contributed by atoms with Crippen molar-refractivity contribution >= 4 is 18.2 Å². The molecule has 0 saturated heterocycles. The molecule has 7 nitrogen and oxygen atoms in total. The van der Waals surface area contributed by atoms with E-state index in [2.05, 4.69) is 9.97 Å². The molecule has 2 N–H and O–H groups in total. The van der Waals surface area contributed by atoms with E-state index < -0.39 is 24.9 Å². The van der Waals surface area contributed by atoms with Gasteiger partial charge in [-0.1, -0.05) is 0 Å². The molecule has 130 valence electrons. The maximum atomic E-state index is 13.9. The Morgan fingerprint density at radius 3 is 2.72 bits per heavy atom. The zero-order valence-corrected chi connectivity index (χ0v) is 13.1. The molecule has 3 aromatic heterocycles. The van der Waals surface area contributed by atoms with Crippen LogP contribution in [0.15, 0.2) is 36.8 Å². The molecule has 0 radical (unpaired) electrons. The van der Waals surface area contributed by atoms with Gasteiger partial charge in [-0.25, -0.2) is 13.8 Å². The second-order valence-corrected chi connectivity index (χ2v) is 5.21. The molecular weight excluding hydrogens is 335 g/mol. The van der Waals surface area contributed by atoms with Gasteiger partial charge in [0.15, 0.2) is 5.88 Å². The third kappa shape index (κ3) is 3.60. The fourth-order valence-electron chi connectivity index (χ4n) is 2.35. The van der Waals surface area contributed by atoms with Crippen molar-refractivity contribution in [2.75, 3.05) is 13.7 Å². The van der Waals surface area contributed by atoms with Gasteiger partial charge in [0, 0.05) is 25.6 Å². The summed E-state index contributed by atoms with van der Waals surface area (Å²) in [6.07, 6.45) is 3.14. The minimum Gasteiger partial charge on any atom is -0.475 e. The van der Waals surface area contributed by atoms with Gasteiger partial charge in [0.05, 0.1) is 6.20 Å². The van der Waals surface area contributed by atoms with Gasteiger partial charge < -0.3 is 19.5 Å². The van der Waals surface area contributed by atoms with Gasteiger partial charge in [0.2, 0.25) is 0 Å². The Bertz CT molecular complexity index is 890. The zero-order chi connectivity index (χ0) is 18.0. The van der Waals surface area contributed by atoms with E-state index in [0.717, 1.165) is 6.20 Å². The Balaban J connectivity index is 1.86. The molecule has 0 amide bonds. The normalized spacial score (nSPS) is 12.4. The van der Waals surface area contributed by atoms with Crippen molar-refractivity contribution in [2.45, 2.75) is 6.10 Å². The SMILES string of the molecule is COC(COc1cc(B(O)O)cc2nccn12)c1ncc(F)cc1F. The molecule has 0 fully saturated rings. The molecule has 0 saturated carbocycles. The van der Waals surface area contributed by atoms with Crippen LogP contribution in [0, 0.1) is 11.6 Å². The number of rotatable bonds is 6. The Labute approximate surface area is 141 Å². The van der Waals surface area contributed by atoms with Gasteiger partial charge in [-0.15, -0.1) is 0 Å². The van der Waals surface area contributed by atoms with Crippen LogP contribution in [0.25, 0.3) is 5.65 Å². The summed E-state index contributed by atoms with van der Waals surface area (Å²) >= 11 is 0. The van der Waals surface area contributed by atoms with Crippen molar-refractivity contribution in [2.24, 2.45) is 0 Å². The maximum Gasteiger partial charge on any atom is 0.488 e. The Hall–Kier alpha value is -2.56. The van der Waals surface area contributed by atoms with Crippen molar-refractivity contribution in [3.63, 3.8) is 0 Å². The van der Waals surface area contributed by atoms with E-state index in [1.807, 2.05) is 0 Å². The molecule has 1 atom stereocenters. The smallest absolute Gasteiger partial charge is 0.475 e. The second kappa shape index (κ2) is 7.13. The maximum absolute atomic E-state index is 13.9. The molecule has 3 aromatic rings. The summed E-state index contributed by atoms with van der Waals surface area (Å²) in [6, 6.07) is 3.62. The molecule has 0 aliphatic carbocycles. The molecule has 0 spiro atoms. The lowest BCUT2D eigenvalue weighted by molar-refractivity contribution is 0.0497. The van der Waals surface area contributed by atoms with Gasteiger partial charge in [0.25, 0.3) is 0 Å².